The fourth-order valence-corrected chi connectivity index (χ4v) is 2.22. The van der Waals surface area contributed by atoms with Crippen LogP contribution in [0.4, 0.5) is 5.69 Å². The Bertz CT molecular complexity index is 534. The van der Waals surface area contributed by atoms with E-state index in [1.165, 1.54) is 30.3 Å². The van der Waals surface area contributed by atoms with E-state index in [-0.39, 0.29) is 5.75 Å². The lowest BCUT2D eigenvalue weighted by Crippen LogP contribution is -2.15. The first kappa shape index (κ1) is 15.2. The highest BCUT2D eigenvalue weighted by molar-refractivity contribution is 7.92. The molecule has 0 bridgehead atoms. The number of carbonyl (C=O) groups excluding carboxylic acids is 1. The van der Waals surface area contributed by atoms with Gasteiger partial charge in [-0.05, 0) is 30.7 Å². The molecule has 104 valence electrons. The lowest BCUT2D eigenvalue weighted by molar-refractivity contribution is 0.0505. The molecule has 1 N–H and O–H groups in total. The molecule has 0 saturated carbocycles. The van der Waals surface area contributed by atoms with E-state index in [0.29, 0.717) is 17.9 Å². The van der Waals surface area contributed by atoms with E-state index in [1.54, 1.807) is 0 Å². The van der Waals surface area contributed by atoms with Crippen LogP contribution in [0.3, 0.4) is 0 Å². The zero-order valence-corrected chi connectivity index (χ0v) is 11.6. The fraction of sp³-hybridized carbons (Fsp3) is 0.308. The predicted octanol–water partition coefficient (Wildman–Crippen LogP) is 2.18. The minimum absolute atomic E-state index is 0.159. The van der Waals surface area contributed by atoms with Gasteiger partial charge < -0.3 is 4.74 Å². The van der Waals surface area contributed by atoms with Crippen molar-refractivity contribution in [1.29, 1.82) is 0 Å². The number of rotatable bonds is 7. The van der Waals surface area contributed by atoms with Crippen LogP contribution in [0.5, 0.6) is 0 Å². The maximum absolute atomic E-state index is 11.5. The number of carbonyl (C=O) groups is 1. The summed E-state index contributed by atoms with van der Waals surface area (Å²) in [6, 6.07) is 6.07. The first-order chi connectivity index (χ1) is 8.98. The van der Waals surface area contributed by atoms with Gasteiger partial charge in [-0.2, -0.15) is 0 Å². The molecule has 0 aliphatic carbocycles. The molecule has 19 heavy (non-hydrogen) atoms. The first-order valence-electron chi connectivity index (χ1n) is 5.87. The molecular formula is C13H17NO4S. The normalized spacial score (nSPS) is 10.8. The lowest BCUT2D eigenvalue weighted by Gasteiger charge is -2.07. The molecular weight excluding hydrogens is 266 g/mol. The van der Waals surface area contributed by atoms with Gasteiger partial charge in [0.1, 0.15) is 0 Å². The average molecular weight is 283 g/mol. The maximum Gasteiger partial charge on any atom is 0.338 e. The summed E-state index contributed by atoms with van der Waals surface area (Å²) >= 11 is 0. The summed E-state index contributed by atoms with van der Waals surface area (Å²) in [4.78, 5) is 11.5. The number of ether oxygens (including phenoxy) is 1. The summed E-state index contributed by atoms with van der Waals surface area (Å²) in [6.45, 7) is 5.65. The highest BCUT2D eigenvalue weighted by Crippen LogP contribution is 2.12. The molecule has 0 unspecified atom stereocenters. The van der Waals surface area contributed by atoms with Crippen LogP contribution >= 0.6 is 0 Å². The number of sulfonamides is 1. The van der Waals surface area contributed by atoms with Crippen LogP contribution in [0.2, 0.25) is 0 Å². The molecule has 5 nitrogen and oxygen atoms in total. The van der Waals surface area contributed by atoms with Gasteiger partial charge in [-0.15, -0.1) is 6.58 Å². The van der Waals surface area contributed by atoms with Gasteiger partial charge in [-0.25, -0.2) is 13.2 Å². The monoisotopic (exact) mass is 283 g/mol. The molecule has 0 amide bonds. The number of esters is 1. The molecule has 0 atom stereocenters. The zero-order chi connectivity index (χ0) is 14.3. The minimum atomic E-state index is -3.42. The quantitative estimate of drug-likeness (QED) is 0.615. The van der Waals surface area contributed by atoms with Crippen molar-refractivity contribution < 1.29 is 17.9 Å². The summed E-state index contributed by atoms with van der Waals surface area (Å²) in [5, 5.41) is 0. The Balaban J connectivity index is 2.71. The summed E-state index contributed by atoms with van der Waals surface area (Å²) in [7, 11) is -3.42. The van der Waals surface area contributed by atoms with Gasteiger partial charge in [0.25, 0.3) is 0 Å². The molecule has 0 fully saturated rings. The molecule has 0 saturated heterocycles. The summed E-state index contributed by atoms with van der Waals surface area (Å²) in [6.07, 6.45) is 2.06. The van der Waals surface area contributed by atoms with Crippen LogP contribution in [0.25, 0.3) is 0 Å². The highest BCUT2D eigenvalue weighted by Gasteiger charge is 2.09. The van der Waals surface area contributed by atoms with E-state index in [9.17, 15) is 13.2 Å². The smallest absolute Gasteiger partial charge is 0.338 e. The van der Waals surface area contributed by atoms with E-state index in [4.69, 9.17) is 4.74 Å². The Kier molecular flexibility index (Phi) is 5.57. The second-order valence-electron chi connectivity index (χ2n) is 3.89. The van der Waals surface area contributed by atoms with Crippen molar-refractivity contribution in [2.75, 3.05) is 17.1 Å². The molecule has 0 spiro atoms. The molecule has 6 heteroatoms. The topological polar surface area (TPSA) is 72.5 Å². The Morgan fingerprint density at radius 2 is 2.00 bits per heavy atom. The number of nitrogens with one attached hydrogen (secondary N) is 1. The van der Waals surface area contributed by atoms with Gasteiger partial charge in [0, 0.05) is 5.69 Å². The van der Waals surface area contributed by atoms with Crippen molar-refractivity contribution in [3.05, 3.63) is 42.5 Å². The Hall–Kier alpha value is -1.82. The Morgan fingerprint density at radius 1 is 1.37 bits per heavy atom. The molecule has 0 radical (unpaired) electrons. The molecule has 0 aromatic heterocycles. The van der Waals surface area contributed by atoms with Crippen molar-refractivity contribution in [2.24, 2.45) is 0 Å². The van der Waals surface area contributed by atoms with Crippen molar-refractivity contribution in [3.63, 3.8) is 0 Å². The minimum Gasteiger partial charge on any atom is -0.462 e. The van der Waals surface area contributed by atoms with Crippen LogP contribution in [0, 0.1) is 0 Å². The second kappa shape index (κ2) is 6.94. The predicted molar refractivity (Wildman–Crippen MR) is 74.6 cm³/mol. The standard InChI is InChI=1S/C13H17NO4S/c1-3-9-18-13(15)11-5-7-12(8-6-11)14-19(16,17)10-4-2/h4-8,14H,2-3,9-10H2,1H3. The molecule has 0 aliphatic rings. The SMILES string of the molecule is C=CCS(=O)(=O)Nc1ccc(C(=O)OCCC)cc1. The van der Waals surface area contributed by atoms with E-state index in [1.807, 2.05) is 6.92 Å². The largest absolute Gasteiger partial charge is 0.462 e. The highest BCUT2D eigenvalue weighted by atomic mass is 32.2. The number of hydrogen-bond acceptors (Lipinski definition) is 4. The van der Waals surface area contributed by atoms with Crippen molar-refractivity contribution in [1.82, 2.24) is 0 Å². The Morgan fingerprint density at radius 3 is 2.53 bits per heavy atom. The van der Waals surface area contributed by atoms with Gasteiger partial charge in [-0.1, -0.05) is 13.0 Å². The van der Waals surface area contributed by atoms with Crippen LogP contribution in [-0.4, -0.2) is 26.7 Å². The van der Waals surface area contributed by atoms with Crippen molar-refractivity contribution >= 4 is 21.7 Å². The van der Waals surface area contributed by atoms with Crippen LogP contribution in [0.1, 0.15) is 23.7 Å². The molecule has 0 aliphatic heterocycles. The van der Waals surface area contributed by atoms with Crippen LogP contribution in [0.15, 0.2) is 36.9 Å². The number of hydrogen-bond donors (Lipinski definition) is 1. The third-order valence-corrected chi connectivity index (χ3v) is 3.39. The van der Waals surface area contributed by atoms with Gasteiger partial charge in [0.05, 0.1) is 17.9 Å². The third-order valence-electron chi connectivity index (χ3n) is 2.17. The van der Waals surface area contributed by atoms with Gasteiger partial charge in [0.2, 0.25) is 10.0 Å². The van der Waals surface area contributed by atoms with E-state index in [2.05, 4.69) is 11.3 Å². The van der Waals surface area contributed by atoms with Crippen LogP contribution in [-0.2, 0) is 14.8 Å². The van der Waals surface area contributed by atoms with Crippen molar-refractivity contribution in [3.8, 4) is 0 Å². The summed E-state index contributed by atoms with van der Waals surface area (Å²) < 4.78 is 30.3. The van der Waals surface area contributed by atoms with E-state index < -0.39 is 16.0 Å². The molecule has 1 aromatic rings. The maximum atomic E-state index is 11.5. The zero-order valence-electron chi connectivity index (χ0n) is 10.8. The average Bonchev–Trinajstić information content (AvgIpc) is 2.36. The fourth-order valence-electron chi connectivity index (χ4n) is 1.33. The lowest BCUT2D eigenvalue weighted by atomic mass is 10.2. The Labute approximate surface area is 113 Å². The third kappa shape index (κ3) is 5.13. The van der Waals surface area contributed by atoms with E-state index in [0.717, 1.165) is 6.42 Å². The van der Waals surface area contributed by atoms with Gasteiger partial charge >= 0.3 is 5.97 Å². The summed E-state index contributed by atoms with van der Waals surface area (Å²) in [5.74, 6) is -0.574. The number of benzene rings is 1. The van der Waals surface area contributed by atoms with Crippen LogP contribution < -0.4 is 4.72 Å². The molecule has 1 aromatic carbocycles. The summed E-state index contributed by atoms with van der Waals surface area (Å²) in [5.41, 5.74) is 0.786. The van der Waals surface area contributed by atoms with Gasteiger partial charge in [-0.3, -0.25) is 4.72 Å². The molecule has 0 heterocycles. The molecule has 1 rings (SSSR count). The van der Waals surface area contributed by atoms with E-state index >= 15 is 0 Å². The van der Waals surface area contributed by atoms with Crippen molar-refractivity contribution in [2.45, 2.75) is 13.3 Å². The first-order valence-corrected chi connectivity index (χ1v) is 7.52. The van der Waals surface area contributed by atoms with Gasteiger partial charge in [0.15, 0.2) is 0 Å². The second-order valence-corrected chi connectivity index (χ2v) is 5.65. The number of anilines is 1.